The number of rotatable bonds is 6. The maximum Gasteiger partial charge on any atom is 0.119 e. The van der Waals surface area contributed by atoms with Gasteiger partial charge in [-0.25, -0.2) is 0 Å². The number of aliphatic hydroxyl groups is 1. The number of aliphatic hydroxyl groups excluding tert-OH is 1. The van der Waals surface area contributed by atoms with Crippen molar-refractivity contribution in [3.63, 3.8) is 0 Å². The molecule has 2 N–H and O–H groups in total. The van der Waals surface area contributed by atoms with Gasteiger partial charge in [0.25, 0.3) is 0 Å². The van der Waals surface area contributed by atoms with E-state index in [-0.39, 0.29) is 0 Å². The Morgan fingerprint density at radius 3 is 2.90 bits per heavy atom. The Labute approximate surface area is 126 Å². The summed E-state index contributed by atoms with van der Waals surface area (Å²) in [6, 6.07) is 6.08. The maximum absolute atomic E-state index is 9.97. The molecule has 3 nitrogen and oxygen atoms in total. The third-order valence-electron chi connectivity index (χ3n) is 4.05. The van der Waals surface area contributed by atoms with Crippen LogP contribution in [0.2, 0.25) is 5.02 Å². The summed E-state index contributed by atoms with van der Waals surface area (Å²) in [4.78, 5) is 0. The van der Waals surface area contributed by atoms with Crippen LogP contribution >= 0.6 is 11.6 Å². The number of halogens is 1. The fourth-order valence-electron chi connectivity index (χ4n) is 2.69. The van der Waals surface area contributed by atoms with Crippen molar-refractivity contribution < 1.29 is 9.84 Å². The summed E-state index contributed by atoms with van der Waals surface area (Å²) in [5, 5.41) is 14.1. The van der Waals surface area contributed by atoms with Crippen LogP contribution in [0.5, 0.6) is 5.75 Å². The molecule has 0 spiro atoms. The predicted octanol–water partition coefficient (Wildman–Crippen LogP) is 3.17. The first-order valence-electron chi connectivity index (χ1n) is 7.36. The monoisotopic (exact) mass is 297 g/mol. The average molecular weight is 298 g/mol. The minimum absolute atomic E-state index is 0.301. The van der Waals surface area contributed by atoms with E-state index < -0.39 is 6.10 Å². The average Bonchev–Trinajstić information content (AvgIpc) is 2.83. The molecule has 0 radical (unpaired) electrons. The Kier molecular flexibility index (Phi) is 5.70. The zero-order chi connectivity index (χ0) is 14.5. The zero-order valence-electron chi connectivity index (χ0n) is 12.2. The first kappa shape index (κ1) is 15.6. The molecule has 20 heavy (non-hydrogen) atoms. The van der Waals surface area contributed by atoms with Crippen LogP contribution in [0.1, 0.15) is 31.7 Å². The molecule has 4 heteroatoms. The van der Waals surface area contributed by atoms with E-state index in [1.807, 2.05) is 25.1 Å². The van der Waals surface area contributed by atoms with Gasteiger partial charge in [0.15, 0.2) is 0 Å². The van der Waals surface area contributed by atoms with Crippen LogP contribution in [-0.2, 0) is 0 Å². The molecule has 0 aliphatic heterocycles. The Bertz CT molecular complexity index is 438. The van der Waals surface area contributed by atoms with Crippen molar-refractivity contribution in [2.45, 2.75) is 45.3 Å². The molecule has 1 aromatic carbocycles. The summed E-state index contributed by atoms with van der Waals surface area (Å²) in [6.07, 6.45) is 3.30. The van der Waals surface area contributed by atoms with Crippen LogP contribution in [-0.4, -0.2) is 30.4 Å². The summed E-state index contributed by atoms with van der Waals surface area (Å²) in [5.41, 5.74) is 0.983. The van der Waals surface area contributed by atoms with Gasteiger partial charge in [-0.3, -0.25) is 0 Å². The van der Waals surface area contributed by atoms with Crippen LogP contribution in [0.25, 0.3) is 0 Å². The van der Waals surface area contributed by atoms with E-state index in [9.17, 15) is 5.11 Å². The molecule has 1 saturated carbocycles. The topological polar surface area (TPSA) is 41.5 Å². The van der Waals surface area contributed by atoms with Crippen molar-refractivity contribution in [1.82, 2.24) is 5.32 Å². The lowest BCUT2D eigenvalue weighted by Crippen LogP contribution is -2.39. The third kappa shape index (κ3) is 4.37. The van der Waals surface area contributed by atoms with Crippen LogP contribution in [0.15, 0.2) is 18.2 Å². The second-order valence-electron chi connectivity index (χ2n) is 5.80. The summed E-state index contributed by atoms with van der Waals surface area (Å²) in [5.74, 6) is 1.46. The van der Waals surface area contributed by atoms with Gasteiger partial charge in [-0.2, -0.15) is 0 Å². The van der Waals surface area contributed by atoms with Gasteiger partial charge in [-0.15, -0.1) is 0 Å². The lowest BCUT2D eigenvalue weighted by Gasteiger charge is -2.20. The zero-order valence-corrected chi connectivity index (χ0v) is 13.0. The van der Waals surface area contributed by atoms with Crippen LogP contribution < -0.4 is 10.1 Å². The van der Waals surface area contributed by atoms with Gasteiger partial charge in [0.2, 0.25) is 0 Å². The van der Waals surface area contributed by atoms with Crippen LogP contribution in [0.4, 0.5) is 0 Å². The van der Waals surface area contributed by atoms with Crippen LogP contribution in [0.3, 0.4) is 0 Å². The Morgan fingerprint density at radius 2 is 2.25 bits per heavy atom. The van der Waals surface area contributed by atoms with Crippen molar-refractivity contribution in [2.75, 3.05) is 13.2 Å². The highest BCUT2D eigenvalue weighted by atomic mass is 35.5. The lowest BCUT2D eigenvalue weighted by atomic mass is 10.1. The number of nitrogens with one attached hydrogen (secondary N) is 1. The second kappa shape index (κ2) is 7.30. The molecule has 3 atom stereocenters. The lowest BCUT2D eigenvalue weighted by molar-refractivity contribution is 0.102. The molecule has 1 aromatic rings. The highest BCUT2D eigenvalue weighted by molar-refractivity contribution is 6.31. The van der Waals surface area contributed by atoms with Gasteiger partial charge >= 0.3 is 0 Å². The molecular weight excluding hydrogens is 274 g/mol. The first-order chi connectivity index (χ1) is 9.56. The van der Waals surface area contributed by atoms with Crippen LogP contribution in [0, 0.1) is 12.8 Å². The summed E-state index contributed by atoms with van der Waals surface area (Å²) < 4.78 is 5.60. The Balaban J connectivity index is 1.71. The SMILES string of the molecule is Cc1cc(OCC(O)CNC2CCCC2C)ccc1Cl. The number of ether oxygens (including phenoxy) is 1. The maximum atomic E-state index is 9.97. The Hall–Kier alpha value is -0.770. The molecule has 0 saturated heterocycles. The molecule has 2 rings (SSSR count). The van der Waals surface area contributed by atoms with Crippen molar-refractivity contribution in [1.29, 1.82) is 0 Å². The van der Waals surface area contributed by atoms with Gasteiger partial charge in [0.1, 0.15) is 18.5 Å². The quantitative estimate of drug-likeness (QED) is 0.847. The highest BCUT2D eigenvalue weighted by Crippen LogP contribution is 2.24. The highest BCUT2D eigenvalue weighted by Gasteiger charge is 2.23. The summed E-state index contributed by atoms with van der Waals surface area (Å²) >= 11 is 5.96. The first-order valence-corrected chi connectivity index (χ1v) is 7.74. The molecule has 0 amide bonds. The van der Waals surface area contributed by atoms with Crippen molar-refractivity contribution in [3.05, 3.63) is 28.8 Å². The standard InChI is InChI=1S/C16H24ClNO2/c1-11-4-3-5-16(11)18-9-13(19)10-20-14-6-7-15(17)12(2)8-14/h6-8,11,13,16,18-19H,3-5,9-10H2,1-2H3. The van der Waals surface area contributed by atoms with E-state index in [0.29, 0.717) is 25.1 Å². The smallest absolute Gasteiger partial charge is 0.119 e. The number of hydrogen-bond donors (Lipinski definition) is 2. The van der Waals surface area contributed by atoms with Gasteiger partial charge < -0.3 is 15.2 Å². The van der Waals surface area contributed by atoms with Gasteiger partial charge in [0.05, 0.1) is 0 Å². The van der Waals surface area contributed by atoms with E-state index in [0.717, 1.165) is 16.3 Å². The van der Waals surface area contributed by atoms with E-state index in [4.69, 9.17) is 16.3 Å². The third-order valence-corrected chi connectivity index (χ3v) is 4.47. The summed E-state index contributed by atoms with van der Waals surface area (Å²) in [6.45, 7) is 5.09. The summed E-state index contributed by atoms with van der Waals surface area (Å²) in [7, 11) is 0. The fourth-order valence-corrected chi connectivity index (χ4v) is 2.81. The second-order valence-corrected chi connectivity index (χ2v) is 6.21. The number of aryl methyl sites for hydroxylation is 1. The van der Waals surface area contributed by atoms with Gasteiger partial charge in [-0.05, 0) is 49.4 Å². The van der Waals surface area contributed by atoms with Crippen molar-refractivity contribution in [3.8, 4) is 5.75 Å². The molecule has 1 fully saturated rings. The van der Waals surface area contributed by atoms with E-state index >= 15 is 0 Å². The minimum Gasteiger partial charge on any atom is -0.491 e. The van der Waals surface area contributed by atoms with E-state index in [1.54, 1.807) is 0 Å². The van der Waals surface area contributed by atoms with Crippen molar-refractivity contribution in [2.24, 2.45) is 5.92 Å². The number of benzene rings is 1. The van der Waals surface area contributed by atoms with E-state index in [1.165, 1.54) is 19.3 Å². The Morgan fingerprint density at radius 1 is 1.45 bits per heavy atom. The van der Waals surface area contributed by atoms with E-state index in [2.05, 4.69) is 12.2 Å². The largest absolute Gasteiger partial charge is 0.491 e. The number of hydrogen-bond acceptors (Lipinski definition) is 3. The molecule has 0 bridgehead atoms. The van der Waals surface area contributed by atoms with Gasteiger partial charge in [0, 0.05) is 17.6 Å². The normalized spacial score (nSPS) is 23.8. The molecule has 1 aliphatic carbocycles. The van der Waals surface area contributed by atoms with Gasteiger partial charge in [-0.1, -0.05) is 24.9 Å². The molecule has 0 aromatic heterocycles. The fraction of sp³-hybridized carbons (Fsp3) is 0.625. The molecule has 0 heterocycles. The predicted molar refractivity (Wildman–Crippen MR) is 82.5 cm³/mol. The minimum atomic E-state index is -0.487. The molecule has 1 aliphatic rings. The molecule has 112 valence electrons. The molecule has 3 unspecified atom stereocenters. The van der Waals surface area contributed by atoms with Crippen molar-refractivity contribution >= 4 is 11.6 Å². The molecular formula is C16H24ClNO2.